The second kappa shape index (κ2) is 9.26. The van der Waals surface area contributed by atoms with E-state index in [1.54, 1.807) is 12.1 Å². The van der Waals surface area contributed by atoms with Gasteiger partial charge in [0.25, 0.3) is 5.91 Å². The molecular formula is C21H32ClN3O2. The van der Waals surface area contributed by atoms with Crippen molar-refractivity contribution in [3.05, 3.63) is 29.3 Å². The van der Waals surface area contributed by atoms with Crippen LogP contribution in [0.4, 0.5) is 5.69 Å². The topological polar surface area (TPSA) is 67.6 Å². The van der Waals surface area contributed by atoms with Crippen molar-refractivity contribution in [2.45, 2.75) is 57.1 Å². The van der Waals surface area contributed by atoms with Gasteiger partial charge in [-0.1, -0.05) is 0 Å². The molecule has 2 aliphatic rings. The van der Waals surface area contributed by atoms with Crippen LogP contribution >= 0.6 is 11.6 Å². The number of nitrogens with two attached hydrogens (primary N) is 1. The number of halogens is 1. The average molecular weight is 394 g/mol. The monoisotopic (exact) mass is 393 g/mol. The number of nitrogen functional groups attached to an aromatic ring is 1. The van der Waals surface area contributed by atoms with Gasteiger partial charge in [0.2, 0.25) is 0 Å². The summed E-state index contributed by atoms with van der Waals surface area (Å²) in [4.78, 5) is 15.3. The quantitative estimate of drug-likeness (QED) is 0.499. The normalized spacial score (nSPS) is 19.8. The fraction of sp³-hybridized carbons (Fsp3) is 0.667. The van der Waals surface area contributed by atoms with Crippen molar-refractivity contribution in [3.63, 3.8) is 0 Å². The second-order valence-corrected chi connectivity index (χ2v) is 8.08. The maximum atomic E-state index is 12.6. The number of hydrogen-bond acceptors (Lipinski definition) is 4. The Morgan fingerprint density at radius 1 is 1.37 bits per heavy atom. The van der Waals surface area contributed by atoms with E-state index in [0.29, 0.717) is 35.7 Å². The smallest absolute Gasteiger partial charge is 0.251 e. The van der Waals surface area contributed by atoms with Gasteiger partial charge in [-0.25, -0.2) is 0 Å². The minimum absolute atomic E-state index is 0.0333. The number of alkyl halides is 1. The Bertz CT molecular complexity index is 642. The van der Waals surface area contributed by atoms with Gasteiger partial charge in [0.05, 0.1) is 6.10 Å². The molecular weight excluding hydrogens is 362 g/mol. The minimum Gasteiger partial charge on any atom is -0.399 e. The lowest BCUT2D eigenvalue weighted by Gasteiger charge is -2.32. The van der Waals surface area contributed by atoms with E-state index in [4.69, 9.17) is 22.1 Å². The van der Waals surface area contributed by atoms with E-state index < -0.39 is 0 Å². The zero-order valence-electron chi connectivity index (χ0n) is 16.3. The molecule has 2 heterocycles. The van der Waals surface area contributed by atoms with Gasteiger partial charge in [-0.2, -0.15) is 0 Å². The third kappa shape index (κ3) is 4.76. The molecule has 1 unspecified atom stereocenters. The molecule has 150 valence electrons. The largest absolute Gasteiger partial charge is 0.399 e. The highest BCUT2D eigenvalue weighted by Gasteiger charge is 2.43. The summed E-state index contributed by atoms with van der Waals surface area (Å²) in [6.07, 6.45) is 6.68. The number of hydrogen-bond donors (Lipinski definition) is 2. The predicted molar refractivity (Wildman–Crippen MR) is 110 cm³/mol. The van der Waals surface area contributed by atoms with E-state index in [2.05, 4.69) is 10.2 Å². The van der Waals surface area contributed by atoms with Crippen molar-refractivity contribution in [1.29, 1.82) is 0 Å². The zero-order chi connectivity index (χ0) is 19.3. The Hall–Kier alpha value is -1.30. The third-order valence-corrected chi connectivity index (χ3v) is 6.46. The van der Waals surface area contributed by atoms with Crippen LogP contribution in [0.15, 0.2) is 18.2 Å². The van der Waals surface area contributed by atoms with E-state index in [1.165, 1.54) is 38.8 Å². The van der Waals surface area contributed by atoms with Gasteiger partial charge in [0.15, 0.2) is 0 Å². The lowest BCUT2D eigenvalue weighted by atomic mass is 9.90. The van der Waals surface area contributed by atoms with Crippen LogP contribution in [0.5, 0.6) is 0 Å². The molecule has 1 amide bonds. The van der Waals surface area contributed by atoms with Gasteiger partial charge in [-0.05, 0) is 75.9 Å². The summed E-state index contributed by atoms with van der Waals surface area (Å²) < 4.78 is 5.62. The SMILES string of the molecule is CCOC(CCl)Cc1cc(C(=O)NCCC23CCCN2CCC3)ccc1N. The standard InChI is InChI=1S/C21H32ClN3O2/c1-2-27-18(15-22)14-17-13-16(5-6-19(17)23)20(26)24-10-9-21-7-3-11-25(21)12-4-8-21/h5-6,13,18H,2-4,7-12,14-15,23H2,1H3,(H,24,26). The Labute approximate surface area is 167 Å². The summed E-state index contributed by atoms with van der Waals surface area (Å²) in [5, 5.41) is 3.11. The molecule has 0 bridgehead atoms. The van der Waals surface area contributed by atoms with Crippen molar-refractivity contribution >= 4 is 23.2 Å². The predicted octanol–water partition coefficient (Wildman–Crippen LogP) is 3.20. The van der Waals surface area contributed by atoms with Gasteiger partial charge in [0, 0.05) is 42.2 Å². The molecule has 0 radical (unpaired) electrons. The fourth-order valence-electron chi connectivity index (χ4n) is 4.71. The third-order valence-electron chi connectivity index (χ3n) is 6.11. The van der Waals surface area contributed by atoms with Gasteiger partial charge in [0.1, 0.15) is 0 Å². The zero-order valence-corrected chi connectivity index (χ0v) is 17.1. The summed E-state index contributed by atoms with van der Waals surface area (Å²) in [6.45, 7) is 5.71. The number of carbonyl (C=O) groups is 1. The molecule has 2 saturated heterocycles. The first-order valence-electron chi connectivity index (χ1n) is 10.2. The molecule has 3 rings (SSSR count). The summed E-state index contributed by atoms with van der Waals surface area (Å²) in [5.41, 5.74) is 8.67. The number of anilines is 1. The first kappa shape index (κ1) is 20.4. The highest BCUT2D eigenvalue weighted by Crippen LogP contribution is 2.40. The summed E-state index contributed by atoms with van der Waals surface area (Å²) in [7, 11) is 0. The first-order valence-corrected chi connectivity index (χ1v) is 10.7. The van der Waals surface area contributed by atoms with Crippen molar-refractivity contribution in [2.75, 3.05) is 37.9 Å². The van der Waals surface area contributed by atoms with E-state index >= 15 is 0 Å². The maximum Gasteiger partial charge on any atom is 0.251 e. The van der Waals surface area contributed by atoms with Crippen LogP contribution in [0, 0.1) is 0 Å². The van der Waals surface area contributed by atoms with Crippen LogP contribution in [-0.2, 0) is 11.2 Å². The van der Waals surface area contributed by atoms with Crippen molar-refractivity contribution in [2.24, 2.45) is 0 Å². The molecule has 3 N–H and O–H groups in total. The molecule has 2 fully saturated rings. The molecule has 0 spiro atoms. The van der Waals surface area contributed by atoms with Gasteiger partial charge < -0.3 is 15.8 Å². The summed E-state index contributed by atoms with van der Waals surface area (Å²) in [6, 6.07) is 5.47. The van der Waals surface area contributed by atoms with Gasteiger partial charge >= 0.3 is 0 Å². The van der Waals surface area contributed by atoms with E-state index in [-0.39, 0.29) is 12.0 Å². The van der Waals surface area contributed by atoms with Crippen molar-refractivity contribution in [3.8, 4) is 0 Å². The summed E-state index contributed by atoms with van der Waals surface area (Å²) >= 11 is 5.98. The van der Waals surface area contributed by atoms with Gasteiger partial charge in [-0.3, -0.25) is 9.69 Å². The van der Waals surface area contributed by atoms with Crippen molar-refractivity contribution in [1.82, 2.24) is 10.2 Å². The molecule has 1 aromatic rings. The summed E-state index contributed by atoms with van der Waals surface area (Å²) in [5.74, 6) is 0.372. The molecule has 0 aliphatic carbocycles. The number of rotatable bonds is 9. The fourth-order valence-corrected chi connectivity index (χ4v) is 4.91. The van der Waals surface area contributed by atoms with Crippen molar-refractivity contribution < 1.29 is 9.53 Å². The molecule has 1 aromatic carbocycles. The van der Waals surface area contributed by atoms with Gasteiger partial charge in [-0.15, -0.1) is 11.6 Å². The molecule has 6 heteroatoms. The Kier molecular flexibility index (Phi) is 7.01. The van der Waals surface area contributed by atoms with E-state index in [0.717, 1.165) is 18.5 Å². The highest BCUT2D eigenvalue weighted by molar-refractivity contribution is 6.18. The number of benzene rings is 1. The van der Waals surface area contributed by atoms with Crippen LogP contribution < -0.4 is 11.1 Å². The molecule has 0 aromatic heterocycles. The van der Waals surface area contributed by atoms with Crippen LogP contribution in [0.1, 0.15) is 54.9 Å². The Morgan fingerprint density at radius 2 is 2.11 bits per heavy atom. The Morgan fingerprint density at radius 3 is 2.78 bits per heavy atom. The molecule has 1 atom stereocenters. The number of nitrogens with one attached hydrogen (secondary N) is 1. The first-order chi connectivity index (χ1) is 13.1. The van der Waals surface area contributed by atoms with Crippen LogP contribution in [-0.4, -0.2) is 54.6 Å². The average Bonchev–Trinajstić information content (AvgIpc) is 3.22. The lowest BCUT2D eigenvalue weighted by molar-refractivity contribution is 0.0792. The van der Waals surface area contributed by atoms with E-state index in [9.17, 15) is 4.79 Å². The number of amides is 1. The van der Waals surface area contributed by atoms with Crippen LogP contribution in [0.2, 0.25) is 0 Å². The lowest BCUT2D eigenvalue weighted by Crippen LogP contribution is -2.41. The number of nitrogens with zero attached hydrogens (tertiary/aromatic N) is 1. The molecule has 0 saturated carbocycles. The molecule has 5 nitrogen and oxygen atoms in total. The Balaban J connectivity index is 1.57. The van der Waals surface area contributed by atoms with Crippen LogP contribution in [0.3, 0.4) is 0 Å². The number of carbonyl (C=O) groups excluding carboxylic acids is 1. The second-order valence-electron chi connectivity index (χ2n) is 7.77. The molecule has 27 heavy (non-hydrogen) atoms. The number of ether oxygens (including phenoxy) is 1. The maximum absolute atomic E-state index is 12.6. The minimum atomic E-state index is -0.0907. The van der Waals surface area contributed by atoms with E-state index in [1.807, 2.05) is 13.0 Å². The van der Waals surface area contributed by atoms with Crippen LogP contribution in [0.25, 0.3) is 0 Å². The molecule has 2 aliphatic heterocycles. The highest BCUT2D eigenvalue weighted by atomic mass is 35.5. The number of fused-ring (bicyclic) bond motifs is 1.